The Labute approximate surface area is 336 Å². The van der Waals surface area contributed by atoms with E-state index in [9.17, 15) is 0 Å². The second-order valence-electron chi connectivity index (χ2n) is 15.9. The predicted octanol–water partition coefficient (Wildman–Crippen LogP) is 11.4. The van der Waals surface area contributed by atoms with Crippen molar-refractivity contribution in [2.75, 3.05) is 0 Å². The number of benzene rings is 7. The maximum Gasteiger partial charge on any atom is 0.176 e. The molecule has 276 valence electrons. The fraction of sp³-hybridized carbons (Fsp3) is 0.164. The molecule has 0 amide bonds. The van der Waals surface area contributed by atoms with Crippen LogP contribution in [0.3, 0.4) is 0 Å². The van der Waals surface area contributed by atoms with Crippen molar-refractivity contribution in [3.05, 3.63) is 254 Å². The number of allylic oxidation sites excluding steroid dienone is 4. The summed E-state index contributed by atoms with van der Waals surface area (Å²) in [4.78, 5) is 0. The third kappa shape index (κ3) is 7.70. The van der Waals surface area contributed by atoms with Crippen molar-refractivity contribution >= 4 is 23.6 Å². The van der Waals surface area contributed by atoms with E-state index in [4.69, 9.17) is 0 Å². The molecule has 56 heavy (non-hydrogen) atoms. The minimum atomic E-state index is -2.96. The van der Waals surface area contributed by atoms with Gasteiger partial charge in [0.2, 0.25) is 0 Å². The van der Waals surface area contributed by atoms with Gasteiger partial charge in [-0.1, -0.05) is 211 Å². The summed E-state index contributed by atoms with van der Waals surface area (Å²) in [5, 5.41) is 6.04. The van der Waals surface area contributed by atoms with Crippen molar-refractivity contribution in [3.63, 3.8) is 0 Å². The summed E-state index contributed by atoms with van der Waals surface area (Å²) >= 11 is 0. The molecule has 8 rings (SSSR count). The zero-order chi connectivity index (χ0) is 38.5. The Morgan fingerprint density at radius 1 is 0.339 bits per heavy atom. The van der Waals surface area contributed by atoms with Gasteiger partial charge in [0.25, 0.3) is 0 Å². The molecule has 0 aliphatic heterocycles. The highest BCUT2D eigenvalue weighted by Crippen LogP contribution is 2.42. The minimum absolute atomic E-state index is 0.326. The Bertz CT molecular complexity index is 2230. The van der Waals surface area contributed by atoms with Gasteiger partial charge < -0.3 is 0 Å². The smallest absolute Gasteiger partial charge is 0.0636 e. The third-order valence-electron chi connectivity index (χ3n) is 12.2. The monoisotopic (exact) mass is 740 g/mol. The highest BCUT2D eigenvalue weighted by atomic mass is 28.3. The molecule has 0 N–H and O–H groups in total. The quantitative estimate of drug-likeness (QED) is 0.0864. The molecule has 1 heteroatoms. The van der Waals surface area contributed by atoms with E-state index in [-0.39, 0.29) is 0 Å². The number of hydrogen-bond acceptors (Lipinski definition) is 0. The van der Waals surface area contributed by atoms with Gasteiger partial charge in [0, 0.05) is 0 Å². The van der Waals surface area contributed by atoms with Gasteiger partial charge in [-0.15, -0.1) is 0 Å². The van der Waals surface area contributed by atoms with E-state index in [2.05, 4.69) is 216 Å². The van der Waals surface area contributed by atoms with Gasteiger partial charge in [-0.05, 0) is 118 Å². The molecule has 0 heterocycles. The molecule has 7 aromatic rings. The molecule has 0 bridgehead atoms. The van der Waals surface area contributed by atoms with E-state index in [1.807, 2.05) is 0 Å². The standard InChI is InChI=1S/C55H52Si/c1-40-41(2)43(4)55(42(40)3)56(52-28-18-9-19-29-52,53-36-48(30-44-20-10-5-11-21-44)34-49(37-53)31-45-22-12-6-13-23-45)54-38-50(32-46-24-14-7-15-25-46)35-51(39-54)33-47-26-16-8-17-27-47/h5-29,34-39,42H,30-33H2,1-4H3. The minimum Gasteiger partial charge on any atom is -0.0636 e. The normalized spacial score (nSPS) is 14.4. The van der Waals surface area contributed by atoms with Crippen molar-refractivity contribution in [1.82, 2.24) is 0 Å². The van der Waals surface area contributed by atoms with Crippen molar-refractivity contribution in [1.29, 1.82) is 0 Å². The van der Waals surface area contributed by atoms with Crippen LogP contribution in [-0.4, -0.2) is 8.07 Å². The lowest BCUT2D eigenvalue weighted by Crippen LogP contribution is -2.70. The van der Waals surface area contributed by atoms with Crippen LogP contribution in [-0.2, 0) is 25.7 Å². The Morgan fingerprint density at radius 3 is 0.929 bits per heavy atom. The van der Waals surface area contributed by atoms with Crippen LogP contribution < -0.4 is 15.6 Å². The van der Waals surface area contributed by atoms with Crippen molar-refractivity contribution in [2.45, 2.75) is 53.4 Å². The first-order valence-electron chi connectivity index (χ1n) is 20.3. The largest absolute Gasteiger partial charge is 0.176 e. The SMILES string of the molecule is CC1=C(C)C(C)C([Si](c2ccccc2)(c2cc(Cc3ccccc3)cc(Cc3ccccc3)c2)c2cc(Cc3ccccc3)cc(Cc3ccccc3)c2)=C1C. The van der Waals surface area contributed by atoms with Gasteiger partial charge >= 0.3 is 0 Å². The lowest BCUT2D eigenvalue weighted by Gasteiger charge is -2.39. The molecule has 1 unspecified atom stereocenters. The van der Waals surface area contributed by atoms with E-state index in [1.165, 1.54) is 76.8 Å². The Morgan fingerprint density at radius 2 is 0.643 bits per heavy atom. The van der Waals surface area contributed by atoms with Crippen LogP contribution in [0.4, 0.5) is 0 Å². The molecule has 1 aliphatic rings. The molecule has 1 aliphatic carbocycles. The summed E-state index contributed by atoms with van der Waals surface area (Å²) < 4.78 is 0. The molecule has 0 saturated heterocycles. The average molecular weight is 741 g/mol. The average Bonchev–Trinajstić information content (AvgIpc) is 3.42. The van der Waals surface area contributed by atoms with Crippen LogP contribution in [0.5, 0.6) is 0 Å². The lowest BCUT2D eigenvalue weighted by atomic mass is 9.99. The molecular formula is C55H52Si. The fourth-order valence-corrected chi connectivity index (χ4v) is 15.2. The first kappa shape index (κ1) is 37.2. The molecular weight excluding hydrogens is 689 g/mol. The maximum absolute atomic E-state index is 2.96. The highest BCUT2D eigenvalue weighted by Gasteiger charge is 2.48. The number of hydrogen-bond donors (Lipinski definition) is 0. The Hall–Kier alpha value is -5.76. The molecule has 0 saturated carbocycles. The van der Waals surface area contributed by atoms with E-state index in [0.29, 0.717) is 5.92 Å². The lowest BCUT2D eigenvalue weighted by molar-refractivity contribution is 0.851. The van der Waals surface area contributed by atoms with Crippen LogP contribution in [0.2, 0.25) is 0 Å². The summed E-state index contributed by atoms with van der Waals surface area (Å²) in [6.45, 7) is 9.63. The van der Waals surface area contributed by atoms with Crippen molar-refractivity contribution in [2.24, 2.45) is 5.92 Å². The molecule has 7 aromatic carbocycles. The zero-order valence-electron chi connectivity index (χ0n) is 33.3. The molecule has 0 spiro atoms. The second-order valence-corrected chi connectivity index (χ2v) is 19.7. The molecule has 0 radical (unpaired) electrons. The van der Waals surface area contributed by atoms with E-state index in [0.717, 1.165) is 25.7 Å². The van der Waals surface area contributed by atoms with Crippen LogP contribution in [0.15, 0.2) is 210 Å². The predicted molar refractivity (Wildman–Crippen MR) is 241 cm³/mol. The highest BCUT2D eigenvalue weighted by molar-refractivity contribution is 7.16. The van der Waals surface area contributed by atoms with Crippen molar-refractivity contribution in [3.8, 4) is 0 Å². The van der Waals surface area contributed by atoms with Crippen LogP contribution in [0.25, 0.3) is 0 Å². The van der Waals surface area contributed by atoms with E-state index >= 15 is 0 Å². The summed E-state index contributed by atoms with van der Waals surface area (Å²) in [5.41, 5.74) is 15.3. The molecule has 0 fully saturated rings. The first-order chi connectivity index (χ1) is 27.4. The van der Waals surface area contributed by atoms with Crippen molar-refractivity contribution < 1.29 is 0 Å². The van der Waals surface area contributed by atoms with Crippen LogP contribution in [0, 0.1) is 5.92 Å². The third-order valence-corrected chi connectivity index (χ3v) is 17.4. The van der Waals surface area contributed by atoms with Gasteiger partial charge in [-0.2, -0.15) is 0 Å². The van der Waals surface area contributed by atoms with E-state index in [1.54, 1.807) is 5.20 Å². The zero-order valence-corrected chi connectivity index (χ0v) is 34.3. The van der Waals surface area contributed by atoms with E-state index < -0.39 is 8.07 Å². The van der Waals surface area contributed by atoms with Gasteiger partial charge in [0.1, 0.15) is 0 Å². The van der Waals surface area contributed by atoms with Gasteiger partial charge in [0.05, 0.1) is 0 Å². The second kappa shape index (κ2) is 16.5. The summed E-state index contributed by atoms with van der Waals surface area (Å²) in [5.74, 6) is 0.326. The summed E-state index contributed by atoms with van der Waals surface area (Å²) in [6, 6.07) is 71.1. The molecule has 0 nitrogen and oxygen atoms in total. The maximum atomic E-state index is 2.61. The summed E-state index contributed by atoms with van der Waals surface area (Å²) in [7, 11) is -2.96. The van der Waals surface area contributed by atoms with Gasteiger partial charge in [-0.3, -0.25) is 0 Å². The summed E-state index contributed by atoms with van der Waals surface area (Å²) in [6.07, 6.45) is 3.58. The fourth-order valence-electron chi connectivity index (χ4n) is 9.32. The Balaban J connectivity index is 1.45. The van der Waals surface area contributed by atoms with Crippen LogP contribution >= 0.6 is 0 Å². The number of rotatable bonds is 12. The first-order valence-corrected chi connectivity index (χ1v) is 22.3. The van der Waals surface area contributed by atoms with Crippen LogP contribution in [0.1, 0.15) is 72.2 Å². The Kier molecular flexibility index (Phi) is 11.0. The molecule has 0 aromatic heterocycles. The topological polar surface area (TPSA) is 0 Å². The van der Waals surface area contributed by atoms with Gasteiger partial charge in [-0.25, -0.2) is 0 Å². The molecule has 1 atom stereocenters. The van der Waals surface area contributed by atoms with Gasteiger partial charge in [0.15, 0.2) is 8.07 Å².